The van der Waals surface area contributed by atoms with Crippen molar-refractivity contribution in [1.29, 1.82) is 0 Å². The van der Waals surface area contributed by atoms with E-state index in [2.05, 4.69) is 38.0 Å². The van der Waals surface area contributed by atoms with Crippen LogP contribution in [0, 0.1) is 18.7 Å². The lowest BCUT2D eigenvalue weighted by Gasteiger charge is -2.30. The number of aromatic nitrogens is 6. The van der Waals surface area contributed by atoms with E-state index in [4.69, 9.17) is 19.4 Å². The van der Waals surface area contributed by atoms with E-state index in [-0.39, 0.29) is 11.9 Å². The van der Waals surface area contributed by atoms with Gasteiger partial charge in [0.15, 0.2) is 0 Å². The number of pyridine rings is 2. The van der Waals surface area contributed by atoms with E-state index >= 15 is 4.39 Å². The van der Waals surface area contributed by atoms with Crippen LogP contribution in [0.2, 0.25) is 0 Å². The standard InChI is InChI=1S/C31H34FN7O2/c1-20-30(37(2)36-35-20)22-18-27-29(33-19-22)24-7-8-28(38-11-15-41-16-12-38)34-31(24)39(27)26(17-21-9-13-40-14-10-21)23-5-3-4-6-25(23)32/h3-8,18-19,21,26H,9-17H2,1-2H3. The summed E-state index contributed by atoms with van der Waals surface area (Å²) in [5, 5.41) is 9.43. The fraction of sp³-hybridized carbons (Fsp3) is 0.419. The van der Waals surface area contributed by atoms with Crippen LogP contribution in [-0.2, 0) is 16.5 Å². The second-order valence-corrected chi connectivity index (χ2v) is 11.1. The Kier molecular flexibility index (Phi) is 6.88. The average Bonchev–Trinajstić information content (AvgIpc) is 3.52. The molecule has 0 amide bonds. The van der Waals surface area contributed by atoms with Crippen molar-refractivity contribution < 1.29 is 13.9 Å². The van der Waals surface area contributed by atoms with Gasteiger partial charge in [0.05, 0.1) is 41.7 Å². The first-order chi connectivity index (χ1) is 20.1. The number of ether oxygens (including phenoxy) is 2. The first kappa shape index (κ1) is 26.0. The van der Waals surface area contributed by atoms with Gasteiger partial charge in [0.25, 0.3) is 0 Å². The van der Waals surface area contributed by atoms with Crippen molar-refractivity contribution in [3.63, 3.8) is 0 Å². The highest BCUT2D eigenvalue weighted by Crippen LogP contribution is 2.40. The summed E-state index contributed by atoms with van der Waals surface area (Å²) in [6.07, 6.45) is 4.57. The van der Waals surface area contributed by atoms with Crippen LogP contribution in [0.1, 0.15) is 36.6 Å². The van der Waals surface area contributed by atoms with Crippen LogP contribution in [0.25, 0.3) is 33.3 Å². The molecule has 0 saturated carbocycles. The van der Waals surface area contributed by atoms with Crippen LogP contribution in [0.15, 0.2) is 48.7 Å². The molecular weight excluding hydrogens is 521 g/mol. The molecular formula is C31H34FN7O2. The summed E-state index contributed by atoms with van der Waals surface area (Å²) in [5.41, 5.74) is 5.91. The summed E-state index contributed by atoms with van der Waals surface area (Å²) >= 11 is 0. The Bertz CT molecular complexity index is 1680. The van der Waals surface area contributed by atoms with E-state index in [0.29, 0.717) is 24.7 Å². The van der Waals surface area contributed by atoms with Gasteiger partial charge in [-0.25, -0.2) is 14.1 Å². The first-order valence-corrected chi connectivity index (χ1v) is 14.4. The SMILES string of the molecule is Cc1nnn(C)c1-c1cnc2c3ccc(N4CCOCC4)nc3n(C(CC3CCOCC3)c3ccccc3F)c2c1. The van der Waals surface area contributed by atoms with E-state index in [1.165, 1.54) is 0 Å². The molecule has 1 unspecified atom stereocenters. The van der Waals surface area contributed by atoms with E-state index in [1.807, 2.05) is 32.3 Å². The van der Waals surface area contributed by atoms with Crippen molar-refractivity contribution in [2.24, 2.45) is 13.0 Å². The normalized spacial score (nSPS) is 17.5. The third kappa shape index (κ3) is 4.74. The second-order valence-electron chi connectivity index (χ2n) is 11.1. The largest absolute Gasteiger partial charge is 0.381 e. The molecule has 9 nitrogen and oxygen atoms in total. The fourth-order valence-corrected chi connectivity index (χ4v) is 6.45. The molecule has 0 N–H and O–H groups in total. The van der Waals surface area contributed by atoms with Crippen molar-refractivity contribution >= 4 is 27.9 Å². The number of benzene rings is 1. The summed E-state index contributed by atoms with van der Waals surface area (Å²) in [4.78, 5) is 12.5. The number of hydrogen-bond donors (Lipinski definition) is 0. The lowest BCUT2D eigenvalue weighted by atomic mass is 9.89. The van der Waals surface area contributed by atoms with Gasteiger partial charge in [-0.1, -0.05) is 23.4 Å². The van der Waals surface area contributed by atoms with Crippen LogP contribution >= 0.6 is 0 Å². The monoisotopic (exact) mass is 555 g/mol. The zero-order chi connectivity index (χ0) is 27.9. The molecule has 10 heteroatoms. The highest BCUT2D eigenvalue weighted by Gasteiger charge is 2.29. The Morgan fingerprint density at radius 3 is 2.56 bits per heavy atom. The number of halogens is 1. The topological polar surface area (TPSA) is 83.1 Å². The van der Waals surface area contributed by atoms with Crippen molar-refractivity contribution in [2.75, 3.05) is 44.4 Å². The van der Waals surface area contributed by atoms with Crippen molar-refractivity contribution in [1.82, 2.24) is 29.5 Å². The Morgan fingerprint density at radius 2 is 1.80 bits per heavy atom. The van der Waals surface area contributed by atoms with Crippen molar-refractivity contribution in [3.8, 4) is 11.3 Å². The molecule has 2 saturated heterocycles. The zero-order valence-corrected chi connectivity index (χ0v) is 23.5. The van der Waals surface area contributed by atoms with Gasteiger partial charge < -0.3 is 18.9 Å². The van der Waals surface area contributed by atoms with E-state index < -0.39 is 0 Å². The molecule has 6 heterocycles. The number of morpholine rings is 1. The number of nitrogens with zero attached hydrogens (tertiary/aromatic N) is 7. The Labute approximate surface area is 237 Å². The summed E-state index contributed by atoms with van der Waals surface area (Å²) in [6.45, 7) is 6.34. The van der Waals surface area contributed by atoms with E-state index in [0.717, 1.165) is 90.4 Å². The summed E-state index contributed by atoms with van der Waals surface area (Å²) in [7, 11) is 1.89. The van der Waals surface area contributed by atoms with Gasteiger partial charge in [-0.3, -0.25) is 4.98 Å². The smallest absolute Gasteiger partial charge is 0.145 e. The molecule has 41 heavy (non-hydrogen) atoms. The minimum Gasteiger partial charge on any atom is -0.381 e. The summed E-state index contributed by atoms with van der Waals surface area (Å²) < 4.78 is 30.9. The van der Waals surface area contributed by atoms with Gasteiger partial charge >= 0.3 is 0 Å². The molecule has 212 valence electrons. The summed E-state index contributed by atoms with van der Waals surface area (Å²) in [5.74, 6) is 1.10. The molecule has 7 rings (SSSR count). The van der Waals surface area contributed by atoms with E-state index in [9.17, 15) is 0 Å². The Morgan fingerprint density at radius 1 is 1.02 bits per heavy atom. The highest BCUT2D eigenvalue weighted by molar-refractivity contribution is 6.05. The van der Waals surface area contributed by atoms with Gasteiger partial charge in [-0.2, -0.15) is 0 Å². The highest BCUT2D eigenvalue weighted by atomic mass is 19.1. The Hall–Kier alpha value is -3.89. The maximum atomic E-state index is 15.6. The van der Waals surface area contributed by atoms with Gasteiger partial charge in [-0.15, -0.1) is 5.10 Å². The maximum Gasteiger partial charge on any atom is 0.145 e. The van der Waals surface area contributed by atoms with Crippen LogP contribution in [0.5, 0.6) is 0 Å². The average molecular weight is 556 g/mol. The molecule has 0 aliphatic carbocycles. The van der Waals surface area contributed by atoms with Crippen molar-refractivity contribution in [2.45, 2.75) is 32.2 Å². The van der Waals surface area contributed by atoms with E-state index in [1.54, 1.807) is 16.8 Å². The molecule has 0 bridgehead atoms. The molecule has 2 aliphatic heterocycles. The lowest BCUT2D eigenvalue weighted by Crippen LogP contribution is -2.36. The van der Waals surface area contributed by atoms with Gasteiger partial charge in [0.2, 0.25) is 0 Å². The van der Waals surface area contributed by atoms with Gasteiger partial charge in [0, 0.05) is 56.1 Å². The summed E-state index contributed by atoms with van der Waals surface area (Å²) in [6, 6.07) is 13.2. The lowest BCUT2D eigenvalue weighted by molar-refractivity contribution is 0.0608. The quantitative estimate of drug-likeness (QED) is 0.289. The number of anilines is 1. The van der Waals surface area contributed by atoms with Crippen LogP contribution in [0.3, 0.4) is 0 Å². The molecule has 0 spiro atoms. The fourth-order valence-electron chi connectivity index (χ4n) is 6.45. The van der Waals surface area contributed by atoms with Crippen molar-refractivity contribution in [3.05, 3.63) is 65.7 Å². The molecule has 5 aromatic rings. The molecule has 4 aromatic heterocycles. The van der Waals surface area contributed by atoms with Crippen LogP contribution < -0.4 is 4.90 Å². The van der Waals surface area contributed by atoms with Gasteiger partial charge in [0.1, 0.15) is 17.3 Å². The molecule has 0 radical (unpaired) electrons. The third-order valence-corrected chi connectivity index (χ3v) is 8.55. The maximum absolute atomic E-state index is 15.6. The number of aryl methyl sites for hydroxylation is 2. The number of hydrogen-bond acceptors (Lipinski definition) is 7. The molecule has 1 aromatic carbocycles. The Balaban J connectivity index is 1.49. The predicted octanol–water partition coefficient (Wildman–Crippen LogP) is 5.07. The zero-order valence-electron chi connectivity index (χ0n) is 23.5. The first-order valence-electron chi connectivity index (χ1n) is 14.4. The molecule has 2 aliphatic rings. The number of fused-ring (bicyclic) bond motifs is 3. The minimum atomic E-state index is -0.269. The number of rotatable bonds is 6. The van der Waals surface area contributed by atoms with Gasteiger partial charge in [-0.05, 0) is 56.4 Å². The predicted molar refractivity (Wildman–Crippen MR) is 155 cm³/mol. The molecule has 1 atom stereocenters. The molecule has 2 fully saturated rings. The van der Waals surface area contributed by atoms with Crippen LogP contribution in [0.4, 0.5) is 10.2 Å². The second kappa shape index (κ2) is 10.8. The minimum absolute atomic E-state index is 0.209. The van der Waals surface area contributed by atoms with Crippen LogP contribution in [-0.4, -0.2) is 69.0 Å². The third-order valence-electron chi connectivity index (χ3n) is 8.55.